The summed E-state index contributed by atoms with van der Waals surface area (Å²) in [6.45, 7) is 0.109. The first-order valence-electron chi connectivity index (χ1n) is 4.56. The third-order valence-corrected chi connectivity index (χ3v) is 2.47. The van der Waals surface area contributed by atoms with Gasteiger partial charge in [0.15, 0.2) is 0 Å². The summed E-state index contributed by atoms with van der Waals surface area (Å²) in [5.41, 5.74) is 0. The fourth-order valence-electron chi connectivity index (χ4n) is 0.863. The Morgan fingerprint density at radius 2 is 2.00 bits per heavy atom. The van der Waals surface area contributed by atoms with Crippen molar-refractivity contribution in [2.75, 3.05) is 32.8 Å². The monoisotopic (exact) mass is 268 g/mol. The van der Waals surface area contributed by atoms with E-state index < -0.39 is 6.72 Å². The van der Waals surface area contributed by atoms with Crippen LogP contribution in [0.4, 0.5) is 0 Å². The summed E-state index contributed by atoms with van der Waals surface area (Å²) >= 11 is 4.04. The smallest absolute Gasteiger partial charge is 0.812 e. The standard InChI is InChI=1S/C7H17N2O4PS.2Li/c1-2-9(7-10)5-3-8-4-6-13-14(11,12)15;;/h7-8H,2-6H2,1H3,(H2,11,12,15);;/q;2*+1/p-2. The van der Waals surface area contributed by atoms with E-state index in [1.54, 1.807) is 4.90 Å². The molecule has 0 unspecified atom stereocenters. The van der Waals surface area contributed by atoms with Gasteiger partial charge in [-0.15, -0.1) is 11.8 Å². The molecule has 0 atom stereocenters. The fourth-order valence-corrected chi connectivity index (χ4v) is 1.40. The van der Waals surface area contributed by atoms with Gasteiger partial charge in [-0.2, -0.15) is 0 Å². The largest absolute Gasteiger partial charge is 1.00 e. The number of amides is 1. The van der Waals surface area contributed by atoms with Crippen LogP contribution in [0.5, 0.6) is 0 Å². The van der Waals surface area contributed by atoms with Crippen molar-refractivity contribution in [1.82, 2.24) is 10.2 Å². The number of likely N-dealkylation sites (N-methyl/N-ethyl adjacent to an activating group) is 1. The normalized spacial score (nSPS) is 10.1. The van der Waals surface area contributed by atoms with Crippen molar-refractivity contribution in [3.63, 3.8) is 0 Å². The molecule has 0 fully saturated rings. The molecule has 6 nitrogen and oxygen atoms in total. The molecule has 0 radical (unpaired) electrons. The SMILES string of the molecule is CCN(C=O)CCNCCOP([O-])([O-])=S.[Li+].[Li+]. The van der Waals surface area contributed by atoms with Crippen LogP contribution in [0.1, 0.15) is 6.92 Å². The zero-order valence-corrected chi connectivity index (χ0v) is 12.3. The van der Waals surface area contributed by atoms with Gasteiger partial charge in [-0.25, -0.2) is 0 Å². The summed E-state index contributed by atoms with van der Waals surface area (Å²) in [6.07, 6.45) is 0.771. The third-order valence-electron chi connectivity index (χ3n) is 1.66. The van der Waals surface area contributed by atoms with Crippen molar-refractivity contribution in [2.45, 2.75) is 6.92 Å². The van der Waals surface area contributed by atoms with Gasteiger partial charge in [0.25, 0.3) is 0 Å². The summed E-state index contributed by atoms with van der Waals surface area (Å²) < 4.78 is 4.36. The van der Waals surface area contributed by atoms with Crippen LogP contribution in [0.3, 0.4) is 0 Å². The molecule has 17 heavy (non-hydrogen) atoms. The predicted octanol–water partition coefficient (Wildman–Crippen LogP) is -7.98. The molecule has 0 aliphatic carbocycles. The Morgan fingerprint density at radius 3 is 2.41 bits per heavy atom. The fraction of sp³-hybridized carbons (Fsp3) is 0.857. The van der Waals surface area contributed by atoms with E-state index in [4.69, 9.17) is 0 Å². The average Bonchev–Trinajstić information content (AvgIpc) is 2.15. The third kappa shape index (κ3) is 17.2. The van der Waals surface area contributed by atoms with E-state index in [-0.39, 0.29) is 44.3 Å². The molecule has 0 saturated carbocycles. The Hall–Kier alpha value is 1.15. The number of rotatable bonds is 9. The molecule has 10 heteroatoms. The Morgan fingerprint density at radius 1 is 1.41 bits per heavy atom. The second-order valence-corrected chi connectivity index (χ2v) is 5.26. The molecular formula is C7H15Li2N2O4PS. The Kier molecular flexibility index (Phi) is 18.6. The van der Waals surface area contributed by atoms with Crippen LogP contribution in [0.2, 0.25) is 0 Å². The maximum absolute atomic E-state index is 10.4. The van der Waals surface area contributed by atoms with E-state index in [0.717, 1.165) is 6.41 Å². The van der Waals surface area contributed by atoms with Gasteiger partial charge >= 0.3 is 37.7 Å². The van der Waals surface area contributed by atoms with E-state index in [0.29, 0.717) is 26.2 Å². The van der Waals surface area contributed by atoms with E-state index in [1.807, 2.05) is 6.92 Å². The van der Waals surface area contributed by atoms with Gasteiger partial charge in [0.1, 0.15) is 0 Å². The predicted molar refractivity (Wildman–Crippen MR) is 56.4 cm³/mol. The molecule has 0 aromatic rings. The number of carbonyl (C=O) groups excluding carboxylic acids is 1. The minimum absolute atomic E-state index is 0. The van der Waals surface area contributed by atoms with Crippen molar-refractivity contribution >= 4 is 24.9 Å². The topological polar surface area (TPSA) is 87.7 Å². The van der Waals surface area contributed by atoms with E-state index >= 15 is 0 Å². The summed E-state index contributed by atoms with van der Waals surface area (Å²) in [7, 11) is 0. The van der Waals surface area contributed by atoms with Crippen LogP contribution in [-0.4, -0.2) is 44.1 Å². The molecule has 1 amide bonds. The average molecular weight is 268 g/mol. The molecule has 0 aliphatic rings. The van der Waals surface area contributed by atoms with Gasteiger partial charge < -0.3 is 24.5 Å². The van der Waals surface area contributed by atoms with E-state index in [9.17, 15) is 14.6 Å². The number of nitrogens with one attached hydrogen (secondary N) is 1. The molecule has 0 bridgehead atoms. The van der Waals surface area contributed by atoms with Crippen molar-refractivity contribution in [1.29, 1.82) is 0 Å². The second-order valence-electron chi connectivity index (χ2n) is 2.76. The molecule has 0 aromatic heterocycles. The van der Waals surface area contributed by atoms with Gasteiger partial charge in [0.05, 0.1) is 6.61 Å². The molecule has 0 rings (SSSR count). The van der Waals surface area contributed by atoms with Crippen LogP contribution in [0, 0.1) is 0 Å². The minimum atomic E-state index is -4.02. The molecule has 0 aromatic carbocycles. The molecule has 90 valence electrons. The van der Waals surface area contributed by atoms with E-state index in [1.165, 1.54) is 0 Å². The van der Waals surface area contributed by atoms with Crippen molar-refractivity contribution in [3.8, 4) is 0 Å². The number of carbonyl (C=O) groups is 1. The van der Waals surface area contributed by atoms with Gasteiger partial charge in [0, 0.05) is 26.2 Å². The van der Waals surface area contributed by atoms with Gasteiger partial charge in [0.2, 0.25) is 6.41 Å². The second kappa shape index (κ2) is 13.6. The number of nitrogens with zero attached hydrogens (tertiary/aromatic N) is 1. The maximum atomic E-state index is 10.4. The van der Waals surface area contributed by atoms with Crippen LogP contribution >= 0.6 is 6.72 Å². The first-order valence-corrected chi connectivity index (χ1v) is 7.12. The molecule has 0 spiro atoms. The van der Waals surface area contributed by atoms with Crippen LogP contribution in [0.15, 0.2) is 0 Å². The van der Waals surface area contributed by atoms with Crippen LogP contribution in [0.25, 0.3) is 0 Å². The van der Waals surface area contributed by atoms with Gasteiger partial charge in [-0.1, -0.05) is 6.72 Å². The Bertz CT molecular complexity index is 232. The molecule has 0 heterocycles. The molecule has 1 N–H and O–H groups in total. The first kappa shape index (κ1) is 23.3. The van der Waals surface area contributed by atoms with Crippen LogP contribution in [-0.2, 0) is 21.1 Å². The summed E-state index contributed by atoms with van der Waals surface area (Å²) in [6, 6.07) is 0. The quantitative estimate of drug-likeness (QED) is 0.193. The summed E-state index contributed by atoms with van der Waals surface area (Å²) in [5.74, 6) is 0. The number of hydrogen-bond acceptors (Lipinski definition) is 6. The first-order chi connectivity index (χ1) is 6.99. The van der Waals surface area contributed by atoms with Crippen LogP contribution < -0.4 is 52.8 Å². The zero-order valence-electron chi connectivity index (χ0n) is 10.5. The minimum Gasteiger partial charge on any atom is -0.812 e. The maximum Gasteiger partial charge on any atom is 1.00 e. The van der Waals surface area contributed by atoms with E-state index in [2.05, 4.69) is 21.6 Å². The molecular weight excluding hydrogens is 253 g/mol. The van der Waals surface area contributed by atoms with Crippen molar-refractivity contribution < 1.29 is 56.8 Å². The zero-order chi connectivity index (χ0) is 11.7. The Labute approximate surface area is 131 Å². The van der Waals surface area contributed by atoms with Crippen molar-refractivity contribution in [2.24, 2.45) is 0 Å². The summed E-state index contributed by atoms with van der Waals surface area (Å²) in [5, 5.41) is 2.93. The van der Waals surface area contributed by atoms with Gasteiger partial charge in [-0.05, 0) is 6.92 Å². The summed E-state index contributed by atoms with van der Waals surface area (Å²) in [4.78, 5) is 32.8. The number of hydrogen-bond donors (Lipinski definition) is 1. The van der Waals surface area contributed by atoms with Crippen molar-refractivity contribution in [3.05, 3.63) is 0 Å². The molecule has 0 aliphatic heterocycles. The molecule has 0 saturated heterocycles. The Balaban J connectivity index is -0.000000980. The van der Waals surface area contributed by atoms with Gasteiger partial charge in [-0.3, -0.25) is 4.79 Å².